The lowest BCUT2D eigenvalue weighted by atomic mass is 9.94. The SMILES string of the molecule is COc1c(C)c2c(c(OC)c1CC=C(C)CCC(=O)Nc1ccc(C)cn1)C(=O)OC2. The van der Waals surface area contributed by atoms with Crippen LogP contribution in [0.5, 0.6) is 11.5 Å². The standard InChI is InChI=1S/C24H28N2O5/c1-14(8-11-20(27)26-19-10-7-15(2)12-25-19)6-9-17-22(29-4)16(3)18-13-31-24(28)21(18)23(17)30-5/h6-7,10,12H,8-9,11,13H2,1-5H3,(H,25,26,27). The van der Waals surface area contributed by atoms with Gasteiger partial charge in [-0.25, -0.2) is 9.78 Å². The molecule has 0 saturated heterocycles. The van der Waals surface area contributed by atoms with Crippen LogP contribution in [0.25, 0.3) is 0 Å². The van der Waals surface area contributed by atoms with Crippen LogP contribution in [0.3, 0.4) is 0 Å². The minimum Gasteiger partial charge on any atom is -0.496 e. The quantitative estimate of drug-likeness (QED) is 0.502. The Morgan fingerprint density at radius 2 is 1.94 bits per heavy atom. The van der Waals surface area contributed by atoms with Crippen molar-refractivity contribution >= 4 is 17.7 Å². The van der Waals surface area contributed by atoms with Crippen molar-refractivity contribution in [2.24, 2.45) is 0 Å². The van der Waals surface area contributed by atoms with Gasteiger partial charge in [-0.2, -0.15) is 0 Å². The van der Waals surface area contributed by atoms with E-state index in [1.54, 1.807) is 26.5 Å². The number of nitrogens with one attached hydrogen (secondary N) is 1. The van der Waals surface area contributed by atoms with Gasteiger partial charge in [-0.1, -0.05) is 17.7 Å². The van der Waals surface area contributed by atoms with Gasteiger partial charge in [0, 0.05) is 23.7 Å². The molecule has 3 rings (SSSR count). The van der Waals surface area contributed by atoms with Crippen molar-refractivity contribution in [2.75, 3.05) is 19.5 Å². The molecule has 0 atom stereocenters. The highest BCUT2D eigenvalue weighted by Gasteiger charge is 2.32. The van der Waals surface area contributed by atoms with Crippen LogP contribution >= 0.6 is 0 Å². The van der Waals surface area contributed by atoms with Gasteiger partial charge in [0.2, 0.25) is 5.91 Å². The molecule has 164 valence electrons. The molecule has 0 bridgehead atoms. The van der Waals surface area contributed by atoms with Gasteiger partial charge in [-0.3, -0.25) is 4.79 Å². The van der Waals surface area contributed by atoms with Gasteiger partial charge in [0.15, 0.2) is 0 Å². The molecule has 0 fully saturated rings. The van der Waals surface area contributed by atoms with E-state index in [0.717, 1.165) is 27.8 Å². The molecule has 1 aliphatic rings. The van der Waals surface area contributed by atoms with E-state index in [2.05, 4.69) is 10.3 Å². The third-order valence-electron chi connectivity index (χ3n) is 5.41. The van der Waals surface area contributed by atoms with Crippen molar-refractivity contribution in [3.05, 3.63) is 57.8 Å². The minimum atomic E-state index is -0.374. The maximum atomic E-state index is 12.2. The predicted molar refractivity (Wildman–Crippen MR) is 118 cm³/mol. The summed E-state index contributed by atoms with van der Waals surface area (Å²) in [6, 6.07) is 3.69. The minimum absolute atomic E-state index is 0.0876. The highest BCUT2D eigenvalue weighted by molar-refractivity contribution is 5.98. The Kier molecular flexibility index (Phi) is 6.95. The average molecular weight is 424 g/mol. The van der Waals surface area contributed by atoms with Crippen molar-refractivity contribution < 1.29 is 23.8 Å². The van der Waals surface area contributed by atoms with Crippen molar-refractivity contribution in [3.8, 4) is 11.5 Å². The Morgan fingerprint density at radius 3 is 2.58 bits per heavy atom. The van der Waals surface area contributed by atoms with E-state index in [1.807, 2.05) is 32.9 Å². The zero-order chi connectivity index (χ0) is 22.5. The van der Waals surface area contributed by atoms with Crippen molar-refractivity contribution in [1.82, 2.24) is 4.98 Å². The molecule has 0 aliphatic carbocycles. The predicted octanol–water partition coefficient (Wildman–Crippen LogP) is 4.29. The van der Waals surface area contributed by atoms with Crippen LogP contribution in [0, 0.1) is 13.8 Å². The number of allylic oxidation sites excluding steroid dienone is 2. The molecule has 7 nitrogen and oxygen atoms in total. The number of amides is 1. The number of hydrogen-bond acceptors (Lipinski definition) is 6. The number of esters is 1. The van der Waals surface area contributed by atoms with Crippen LogP contribution in [0.2, 0.25) is 0 Å². The lowest BCUT2D eigenvalue weighted by Crippen LogP contribution is -2.12. The van der Waals surface area contributed by atoms with Crippen LogP contribution in [0.4, 0.5) is 5.82 Å². The molecule has 1 aromatic carbocycles. The molecule has 0 saturated carbocycles. The number of pyridine rings is 1. The van der Waals surface area contributed by atoms with Crippen LogP contribution in [-0.2, 0) is 22.6 Å². The fourth-order valence-corrected chi connectivity index (χ4v) is 3.67. The van der Waals surface area contributed by atoms with Gasteiger partial charge in [-0.15, -0.1) is 0 Å². The lowest BCUT2D eigenvalue weighted by Gasteiger charge is -2.18. The largest absolute Gasteiger partial charge is 0.496 e. The number of rotatable bonds is 8. The van der Waals surface area contributed by atoms with E-state index in [1.165, 1.54) is 0 Å². The van der Waals surface area contributed by atoms with Crippen LogP contribution < -0.4 is 14.8 Å². The Hall–Kier alpha value is -3.35. The van der Waals surface area contributed by atoms with Gasteiger partial charge in [0.1, 0.15) is 29.5 Å². The summed E-state index contributed by atoms with van der Waals surface area (Å²) in [4.78, 5) is 28.6. The second-order valence-electron chi connectivity index (χ2n) is 7.62. The summed E-state index contributed by atoms with van der Waals surface area (Å²) < 4.78 is 16.4. The highest BCUT2D eigenvalue weighted by Crippen LogP contribution is 2.42. The number of cyclic esters (lactones) is 1. The summed E-state index contributed by atoms with van der Waals surface area (Å²) in [6.45, 7) is 6.07. The van der Waals surface area contributed by atoms with Gasteiger partial charge in [0.25, 0.3) is 0 Å². The van der Waals surface area contributed by atoms with Gasteiger partial charge in [-0.05, 0) is 50.8 Å². The molecule has 0 radical (unpaired) electrons. The van der Waals surface area contributed by atoms with Crippen molar-refractivity contribution in [3.63, 3.8) is 0 Å². The first-order chi connectivity index (χ1) is 14.8. The third kappa shape index (κ3) is 4.87. The first-order valence-electron chi connectivity index (χ1n) is 10.2. The van der Waals surface area contributed by atoms with Crippen molar-refractivity contribution in [2.45, 2.75) is 46.6 Å². The Bertz CT molecular complexity index is 1030. The molecular weight excluding hydrogens is 396 g/mol. The first-order valence-corrected chi connectivity index (χ1v) is 10.2. The summed E-state index contributed by atoms with van der Waals surface area (Å²) in [5.74, 6) is 1.27. The number of carbonyl (C=O) groups excluding carboxylic acids is 2. The van der Waals surface area contributed by atoms with Crippen molar-refractivity contribution in [1.29, 1.82) is 0 Å². The maximum absolute atomic E-state index is 12.2. The number of nitrogens with zero attached hydrogens (tertiary/aromatic N) is 1. The first kappa shape index (κ1) is 22.3. The summed E-state index contributed by atoms with van der Waals surface area (Å²) in [6.07, 6.45) is 5.22. The molecule has 0 spiro atoms. The maximum Gasteiger partial charge on any atom is 0.342 e. The van der Waals surface area contributed by atoms with Gasteiger partial charge in [0.05, 0.1) is 14.2 Å². The van der Waals surface area contributed by atoms with Crippen LogP contribution in [0.15, 0.2) is 30.0 Å². The number of ether oxygens (including phenoxy) is 3. The Balaban J connectivity index is 1.71. The molecule has 2 heterocycles. The fourth-order valence-electron chi connectivity index (χ4n) is 3.67. The summed E-state index contributed by atoms with van der Waals surface area (Å²) in [5.41, 5.74) is 5.06. The summed E-state index contributed by atoms with van der Waals surface area (Å²) in [7, 11) is 3.15. The third-order valence-corrected chi connectivity index (χ3v) is 5.41. The normalized spacial score (nSPS) is 12.9. The van der Waals surface area contributed by atoms with E-state index < -0.39 is 0 Å². The molecule has 2 aromatic rings. The van der Waals surface area contributed by atoms with Gasteiger partial charge >= 0.3 is 5.97 Å². The van der Waals surface area contributed by atoms with E-state index >= 15 is 0 Å². The highest BCUT2D eigenvalue weighted by atomic mass is 16.5. The molecule has 0 unspecified atom stereocenters. The number of hydrogen-bond donors (Lipinski definition) is 1. The van der Waals surface area contributed by atoms with Crippen LogP contribution in [0.1, 0.15) is 52.4 Å². The monoisotopic (exact) mass is 424 g/mol. The molecule has 1 aromatic heterocycles. The number of carbonyl (C=O) groups is 2. The zero-order valence-electron chi connectivity index (χ0n) is 18.6. The number of fused-ring (bicyclic) bond motifs is 1. The fraction of sp³-hybridized carbons (Fsp3) is 0.375. The summed E-state index contributed by atoms with van der Waals surface area (Å²) >= 11 is 0. The smallest absolute Gasteiger partial charge is 0.342 e. The second-order valence-corrected chi connectivity index (χ2v) is 7.62. The molecule has 1 aliphatic heterocycles. The molecule has 31 heavy (non-hydrogen) atoms. The molecule has 7 heteroatoms. The summed E-state index contributed by atoms with van der Waals surface area (Å²) in [5, 5.41) is 2.81. The molecule has 1 N–H and O–H groups in total. The number of benzene rings is 1. The Labute approximate surface area is 182 Å². The number of aryl methyl sites for hydroxylation is 1. The molecule has 1 amide bonds. The van der Waals surface area contributed by atoms with E-state index in [9.17, 15) is 9.59 Å². The number of aromatic nitrogens is 1. The van der Waals surface area contributed by atoms with E-state index in [-0.39, 0.29) is 18.5 Å². The van der Waals surface area contributed by atoms with Gasteiger partial charge < -0.3 is 19.5 Å². The number of methoxy groups -OCH3 is 2. The lowest BCUT2D eigenvalue weighted by molar-refractivity contribution is -0.116. The molecular formula is C24H28N2O5. The van der Waals surface area contributed by atoms with E-state index in [4.69, 9.17) is 14.2 Å². The van der Waals surface area contributed by atoms with Crippen LogP contribution in [-0.4, -0.2) is 31.1 Å². The average Bonchev–Trinajstić information content (AvgIpc) is 3.14. The number of anilines is 1. The topological polar surface area (TPSA) is 86.8 Å². The Morgan fingerprint density at radius 1 is 1.19 bits per heavy atom. The van der Waals surface area contributed by atoms with E-state index in [0.29, 0.717) is 42.1 Å². The second kappa shape index (κ2) is 9.64. The zero-order valence-corrected chi connectivity index (χ0v) is 18.6.